The Balaban J connectivity index is 4.25. The zero-order chi connectivity index (χ0) is 11.1. The predicted octanol–water partition coefficient (Wildman–Crippen LogP) is 1.32. The van der Waals surface area contributed by atoms with Crippen LogP contribution in [0.3, 0.4) is 0 Å². The smallest absolute Gasteiger partial charge is 0.239 e. The molecule has 0 saturated heterocycles. The maximum atomic E-state index is 11.7. The molecule has 0 rings (SSSR count). The molecule has 0 aliphatic rings. The quantitative estimate of drug-likeness (QED) is 0.731. The van der Waals surface area contributed by atoms with E-state index in [1.54, 1.807) is 16.7 Å². The van der Waals surface area contributed by atoms with Gasteiger partial charge in [0.15, 0.2) is 0 Å². The average molecular weight is 218 g/mol. The van der Waals surface area contributed by atoms with E-state index in [0.717, 1.165) is 12.2 Å². The topological polar surface area (TPSA) is 46.3 Å². The van der Waals surface area contributed by atoms with Gasteiger partial charge in [0, 0.05) is 18.8 Å². The van der Waals surface area contributed by atoms with E-state index in [1.807, 2.05) is 14.0 Å². The molecule has 4 heteroatoms. The van der Waals surface area contributed by atoms with Crippen molar-refractivity contribution in [1.82, 2.24) is 4.90 Å². The number of amides is 1. The molecule has 0 aliphatic heterocycles. The predicted molar refractivity (Wildman–Crippen MR) is 63.5 cm³/mol. The highest BCUT2D eigenvalue weighted by Crippen LogP contribution is 2.09. The Hall–Kier alpha value is -0.220. The minimum absolute atomic E-state index is 0.0633. The van der Waals surface area contributed by atoms with E-state index in [2.05, 4.69) is 13.2 Å². The third kappa shape index (κ3) is 3.88. The van der Waals surface area contributed by atoms with Crippen LogP contribution in [-0.4, -0.2) is 41.9 Å². The first-order chi connectivity index (χ1) is 6.58. The molecule has 0 saturated carbocycles. The molecule has 0 spiro atoms. The first kappa shape index (κ1) is 13.8. The van der Waals surface area contributed by atoms with E-state index in [1.165, 1.54) is 0 Å². The van der Waals surface area contributed by atoms with Crippen LogP contribution in [-0.2, 0) is 4.79 Å². The maximum absolute atomic E-state index is 11.7. The molecule has 14 heavy (non-hydrogen) atoms. The largest absolute Gasteiger partial charge is 0.341 e. The number of carbonyl (C=O) groups excluding carboxylic acids is 1. The summed E-state index contributed by atoms with van der Waals surface area (Å²) in [5.41, 5.74) is 5.71. The van der Waals surface area contributed by atoms with Crippen molar-refractivity contribution < 1.29 is 4.79 Å². The Morgan fingerprint density at radius 2 is 2.00 bits per heavy atom. The molecular weight excluding hydrogens is 196 g/mol. The summed E-state index contributed by atoms with van der Waals surface area (Å²) in [6.07, 6.45) is 3.75. The van der Waals surface area contributed by atoms with E-state index in [-0.39, 0.29) is 11.9 Å². The molecule has 0 aliphatic carbocycles. The van der Waals surface area contributed by atoms with Gasteiger partial charge in [0.2, 0.25) is 5.91 Å². The lowest BCUT2D eigenvalue weighted by atomic mass is 10.1. The summed E-state index contributed by atoms with van der Waals surface area (Å²) < 4.78 is 0. The fourth-order valence-corrected chi connectivity index (χ4v) is 2.16. The van der Waals surface area contributed by atoms with Crippen molar-refractivity contribution in [3.05, 3.63) is 0 Å². The van der Waals surface area contributed by atoms with Gasteiger partial charge >= 0.3 is 0 Å². The average Bonchev–Trinajstić information content (AvgIpc) is 2.22. The monoisotopic (exact) mass is 218 g/mol. The van der Waals surface area contributed by atoms with Crippen LogP contribution < -0.4 is 5.73 Å². The lowest BCUT2D eigenvalue weighted by Gasteiger charge is -2.28. The molecule has 0 radical (unpaired) electrons. The normalized spacial score (nSPS) is 14.9. The molecule has 84 valence electrons. The highest BCUT2D eigenvalue weighted by Gasteiger charge is 2.21. The molecule has 0 aromatic carbocycles. The summed E-state index contributed by atoms with van der Waals surface area (Å²) in [5.74, 6) is 1.04. The second-order valence-corrected chi connectivity index (χ2v) is 4.39. The Labute approximate surface area is 91.4 Å². The summed E-state index contributed by atoms with van der Waals surface area (Å²) >= 11 is 1.76. The lowest BCUT2D eigenvalue weighted by molar-refractivity contribution is -0.133. The lowest BCUT2D eigenvalue weighted by Crippen LogP contribution is -2.47. The van der Waals surface area contributed by atoms with Crippen LogP contribution >= 0.6 is 11.8 Å². The molecule has 3 nitrogen and oxygen atoms in total. The van der Waals surface area contributed by atoms with Crippen LogP contribution in [0.4, 0.5) is 0 Å². The first-order valence-electron chi connectivity index (χ1n) is 5.09. The van der Waals surface area contributed by atoms with Crippen molar-refractivity contribution in [1.29, 1.82) is 0 Å². The number of hydrogen-bond acceptors (Lipinski definition) is 3. The van der Waals surface area contributed by atoms with Crippen molar-refractivity contribution in [3.8, 4) is 0 Å². The van der Waals surface area contributed by atoms with Gasteiger partial charge in [-0.2, -0.15) is 11.8 Å². The number of nitrogens with zero attached hydrogens (tertiary/aromatic N) is 1. The van der Waals surface area contributed by atoms with Gasteiger partial charge in [0.1, 0.15) is 0 Å². The van der Waals surface area contributed by atoms with Crippen molar-refractivity contribution in [2.75, 3.05) is 19.1 Å². The van der Waals surface area contributed by atoms with E-state index in [9.17, 15) is 4.79 Å². The first-order valence-corrected chi connectivity index (χ1v) is 6.48. The van der Waals surface area contributed by atoms with Crippen LogP contribution in [0, 0.1) is 0 Å². The SMILES string of the molecule is CCC(N)C(=O)N(C)C(CC)CSC. The highest BCUT2D eigenvalue weighted by molar-refractivity contribution is 7.98. The Kier molecular flexibility index (Phi) is 7.01. The van der Waals surface area contributed by atoms with Gasteiger partial charge in [-0.15, -0.1) is 0 Å². The van der Waals surface area contributed by atoms with Gasteiger partial charge in [-0.05, 0) is 19.1 Å². The number of likely N-dealkylation sites (N-methyl/N-ethyl adjacent to an activating group) is 1. The zero-order valence-electron chi connectivity index (χ0n) is 9.62. The van der Waals surface area contributed by atoms with E-state index in [0.29, 0.717) is 12.5 Å². The number of hydrogen-bond donors (Lipinski definition) is 1. The van der Waals surface area contributed by atoms with Crippen LogP contribution in [0.5, 0.6) is 0 Å². The molecule has 2 N–H and O–H groups in total. The van der Waals surface area contributed by atoms with Crippen molar-refractivity contribution in [2.45, 2.75) is 38.8 Å². The molecule has 0 aromatic heterocycles. The number of rotatable bonds is 6. The van der Waals surface area contributed by atoms with Gasteiger partial charge in [0.25, 0.3) is 0 Å². The second kappa shape index (κ2) is 7.12. The van der Waals surface area contributed by atoms with E-state index < -0.39 is 0 Å². The number of carbonyl (C=O) groups is 1. The van der Waals surface area contributed by atoms with E-state index in [4.69, 9.17) is 5.73 Å². The van der Waals surface area contributed by atoms with Crippen molar-refractivity contribution in [3.63, 3.8) is 0 Å². The third-order valence-electron chi connectivity index (χ3n) is 2.48. The Morgan fingerprint density at radius 1 is 1.43 bits per heavy atom. The van der Waals surface area contributed by atoms with Crippen LogP contribution in [0.25, 0.3) is 0 Å². The summed E-state index contributed by atoms with van der Waals surface area (Å²) in [7, 11) is 1.85. The molecular formula is C10H22N2OS. The fourth-order valence-electron chi connectivity index (χ4n) is 1.31. The minimum atomic E-state index is -0.337. The number of thioether (sulfide) groups is 1. The summed E-state index contributed by atoms with van der Waals surface area (Å²) in [4.78, 5) is 13.5. The number of nitrogens with two attached hydrogens (primary N) is 1. The Morgan fingerprint density at radius 3 is 2.36 bits per heavy atom. The van der Waals surface area contributed by atoms with Crippen LogP contribution in [0.15, 0.2) is 0 Å². The summed E-state index contributed by atoms with van der Waals surface area (Å²) in [6, 6.07) is -0.0222. The van der Waals surface area contributed by atoms with Gasteiger partial charge in [-0.3, -0.25) is 4.79 Å². The second-order valence-electron chi connectivity index (χ2n) is 3.48. The molecule has 0 fully saturated rings. The minimum Gasteiger partial charge on any atom is -0.341 e. The molecule has 0 heterocycles. The maximum Gasteiger partial charge on any atom is 0.239 e. The van der Waals surface area contributed by atoms with Gasteiger partial charge in [-0.1, -0.05) is 13.8 Å². The van der Waals surface area contributed by atoms with Crippen LogP contribution in [0.2, 0.25) is 0 Å². The molecule has 2 atom stereocenters. The third-order valence-corrected chi connectivity index (χ3v) is 3.20. The molecule has 1 amide bonds. The Bertz CT molecular complexity index is 176. The highest BCUT2D eigenvalue weighted by atomic mass is 32.2. The fraction of sp³-hybridized carbons (Fsp3) is 0.900. The molecule has 0 bridgehead atoms. The summed E-state index contributed by atoms with van der Waals surface area (Å²) in [5, 5.41) is 0. The summed E-state index contributed by atoms with van der Waals surface area (Å²) in [6.45, 7) is 4.04. The van der Waals surface area contributed by atoms with E-state index >= 15 is 0 Å². The van der Waals surface area contributed by atoms with Crippen molar-refractivity contribution >= 4 is 17.7 Å². The van der Waals surface area contributed by atoms with Gasteiger partial charge < -0.3 is 10.6 Å². The molecule has 0 aromatic rings. The standard InChI is InChI=1S/C10H22N2OS/c1-5-8(7-14-4)12(3)10(13)9(11)6-2/h8-9H,5-7,11H2,1-4H3. The van der Waals surface area contributed by atoms with Gasteiger partial charge in [0.05, 0.1) is 6.04 Å². The van der Waals surface area contributed by atoms with Gasteiger partial charge in [-0.25, -0.2) is 0 Å². The van der Waals surface area contributed by atoms with Crippen LogP contribution in [0.1, 0.15) is 26.7 Å². The molecule has 2 unspecified atom stereocenters. The van der Waals surface area contributed by atoms with Crippen molar-refractivity contribution in [2.24, 2.45) is 5.73 Å². The zero-order valence-corrected chi connectivity index (χ0v) is 10.4.